The summed E-state index contributed by atoms with van der Waals surface area (Å²) in [5.74, 6) is 0.852. The van der Waals surface area contributed by atoms with Crippen molar-refractivity contribution in [2.45, 2.75) is 64.1 Å². The topological polar surface area (TPSA) is 30.5 Å². The molecule has 0 bridgehead atoms. The second-order valence-corrected chi connectivity index (χ2v) is 6.70. The average Bonchev–Trinajstić information content (AvgIpc) is 2.98. The minimum atomic E-state index is 0.392. The molecule has 0 spiro atoms. The highest BCUT2D eigenvalue weighted by Crippen LogP contribution is 2.50. The van der Waals surface area contributed by atoms with Gasteiger partial charge in [-0.25, -0.2) is 0 Å². The lowest BCUT2D eigenvalue weighted by atomic mass is 9.74. The summed E-state index contributed by atoms with van der Waals surface area (Å²) in [6.45, 7) is 6.36. The summed E-state index contributed by atoms with van der Waals surface area (Å²) in [6.07, 6.45) is 10.1. The van der Waals surface area contributed by atoms with E-state index in [2.05, 4.69) is 12.2 Å². The molecule has 1 aliphatic carbocycles. The summed E-state index contributed by atoms with van der Waals surface area (Å²) in [4.78, 5) is 0. The Kier molecular flexibility index (Phi) is 4.45. The van der Waals surface area contributed by atoms with Crippen molar-refractivity contribution in [2.24, 2.45) is 11.3 Å². The van der Waals surface area contributed by atoms with Crippen LogP contribution >= 0.6 is 0 Å². The third-order valence-electron chi connectivity index (χ3n) is 5.27. The van der Waals surface area contributed by atoms with Gasteiger partial charge in [-0.3, -0.25) is 0 Å². The van der Waals surface area contributed by atoms with Gasteiger partial charge in [0.2, 0.25) is 0 Å². The van der Waals surface area contributed by atoms with E-state index in [1.54, 1.807) is 0 Å². The van der Waals surface area contributed by atoms with Crippen LogP contribution in [-0.2, 0) is 9.47 Å². The van der Waals surface area contributed by atoms with Gasteiger partial charge < -0.3 is 14.8 Å². The molecule has 3 fully saturated rings. The van der Waals surface area contributed by atoms with Crippen molar-refractivity contribution < 1.29 is 9.47 Å². The molecule has 1 saturated carbocycles. The molecule has 19 heavy (non-hydrogen) atoms. The van der Waals surface area contributed by atoms with E-state index >= 15 is 0 Å². The van der Waals surface area contributed by atoms with Crippen LogP contribution in [0.1, 0.15) is 51.9 Å². The van der Waals surface area contributed by atoms with Gasteiger partial charge in [-0.2, -0.15) is 0 Å². The molecule has 2 aliphatic heterocycles. The Hall–Kier alpha value is -0.120. The lowest BCUT2D eigenvalue weighted by Gasteiger charge is -2.35. The van der Waals surface area contributed by atoms with Crippen LogP contribution in [0.2, 0.25) is 0 Å². The first-order valence-corrected chi connectivity index (χ1v) is 8.28. The van der Waals surface area contributed by atoms with Gasteiger partial charge in [0.15, 0.2) is 0 Å². The van der Waals surface area contributed by atoms with Gasteiger partial charge in [-0.05, 0) is 57.4 Å². The molecule has 2 saturated heterocycles. The van der Waals surface area contributed by atoms with E-state index < -0.39 is 0 Å². The second kappa shape index (κ2) is 6.11. The quantitative estimate of drug-likeness (QED) is 0.769. The van der Waals surface area contributed by atoms with Crippen LogP contribution in [0.4, 0.5) is 0 Å². The first kappa shape index (κ1) is 13.8. The predicted molar refractivity (Wildman–Crippen MR) is 76.3 cm³/mol. The predicted octanol–water partition coefficient (Wildman–Crippen LogP) is 2.74. The molecule has 3 rings (SSSR count). The highest BCUT2D eigenvalue weighted by Gasteiger charge is 2.50. The van der Waals surface area contributed by atoms with Gasteiger partial charge in [-0.15, -0.1) is 0 Å². The fraction of sp³-hybridized carbons (Fsp3) is 1.00. The molecule has 0 aromatic carbocycles. The Morgan fingerprint density at radius 3 is 2.74 bits per heavy atom. The fourth-order valence-electron chi connectivity index (χ4n) is 3.98. The molecule has 2 heterocycles. The Bertz CT molecular complexity index is 286. The van der Waals surface area contributed by atoms with Gasteiger partial charge >= 0.3 is 0 Å². The van der Waals surface area contributed by atoms with Crippen molar-refractivity contribution in [1.82, 2.24) is 5.32 Å². The van der Waals surface area contributed by atoms with Gasteiger partial charge in [0, 0.05) is 25.2 Å². The third-order valence-corrected chi connectivity index (χ3v) is 5.27. The van der Waals surface area contributed by atoms with Crippen LogP contribution in [0.3, 0.4) is 0 Å². The van der Waals surface area contributed by atoms with E-state index in [1.165, 1.54) is 44.9 Å². The summed E-state index contributed by atoms with van der Waals surface area (Å²) in [6, 6.07) is 0. The highest BCUT2D eigenvalue weighted by molar-refractivity contribution is 5.00. The van der Waals surface area contributed by atoms with E-state index in [9.17, 15) is 0 Å². The smallest absolute Gasteiger partial charge is 0.0672 e. The first-order valence-electron chi connectivity index (χ1n) is 8.28. The van der Waals surface area contributed by atoms with Crippen LogP contribution in [0, 0.1) is 11.3 Å². The van der Waals surface area contributed by atoms with Crippen LogP contribution in [0.5, 0.6) is 0 Å². The first-order chi connectivity index (χ1) is 9.34. The van der Waals surface area contributed by atoms with Crippen molar-refractivity contribution in [3.05, 3.63) is 0 Å². The monoisotopic (exact) mass is 267 g/mol. The molecule has 3 aliphatic rings. The molecule has 3 unspecified atom stereocenters. The minimum absolute atomic E-state index is 0.392. The molecule has 0 amide bonds. The molecule has 0 aromatic rings. The Morgan fingerprint density at radius 2 is 2.05 bits per heavy atom. The zero-order chi connectivity index (χ0) is 13.1. The Labute approximate surface area is 117 Å². The van der Waals surface area contributed by atoms with Crippen molar-refractivity contribution >= 4 is 0 Å². The van der Waals surface area contributed by atoms with Crippen LogP contribution in [0.15, 0.2) is 0 Å². The molecular weight excluding hydrogens is 238 g/mol. The van der Waals surface area contributed by atoms with Gasteiger partial charge in [-0.1, -0.05) is 6.92 Å². The molecule has 1 N–H and O–H groups in total. The van der Waals surface area contributed by atoms with E-state index in [0.29, 0.717) is 17.6 Å². The van der Waals surface area contributed by atoms with E-state index in [0.717, 1.165) is 32.2 Å². The number of hydrogen-bond donors (Lipinski definition) is 1. The van der Waals surface area contributed by atoms with Crippen LogP contribution < -0.4 is 5.32 Å². The molecule has 0 aromatic heterocycles. The summed E-state index contributed by atoms with van der Waals surface area (Å²) in [7, 11) is 0. The summed E-state index contributed by atoms with van der Waals surface area (Å²) >= 11 is 0. The van der Waals surface area contributed by atoms with Crippen molar-refractivity contribution in [1.29, 1.82) is 0 Å². The number of ether oxygens (including phenoxy) is 2. The van der Waals surface area contributed by atoms with Gasteiger partial charge in [0.1, 0.15) is 0 Å². The van der Waals surface area contributed by atoms with Crippen molar-refractivity contribution in [3.63, 3.8) is 0 Å². The number of hydrogen-bond acceptors (Lipinski definition) is 3. The second-order valence-electron chi connectivity index (χ2n) is 6.70. The SMILES string of the molecule is CCNCC1(CCC2CCCO2)CCOC1C1CC1. The lowest BCUT2D eigenvalue weighted by molar-refractivity contribution is 0.0157. The minimum Gasteiger partial charge on any atom is -0.378 e. The number of rotatable bonds is 7. The largest absolute Gasteiger partial charge is 0.378 e. The maximum absolute atomic E-state index is 6.12. The van der Waals surface area contributed by atoms with Crippen molar-refractivity contribution in [2.75, 3.05) is 26.3 Å². The molecular formula is C16H29NO2. The normalized spacial score (nSPS) is 39.0. The molecule has 3 heteroatoms. The zero-order valence-corrected chi connectivity index (χ0v) is 12.3. The third kappa shape index (κ3) is 3.14. The maximum atomic E-state index is 6.12. The number of nitrogens with one attached hydrogen (secondary N) is 1. The zero-order valence-electron chi connectivity index (χ0n) is 12.3. The van der Waals surface area contributed by atoms with E-state index in [-0.39, 0.29) is 0 Å². The average molecular weight is 267 g/mol. The molecule has 110 valence electrons. The van der Waals surface area contributed by atoms with Gasteiger partial charge in [0.05, 0.1) is 12.2 Å². The lowest BCUT2D eigenvalue weighted by Crippen LogP contribution is -2.42. The van der Waals surface area contributed by atoms with Crippen LogP contribution in [-0.4, -0.2) is 38.5 Å². The fourth-order valence-corrected chi connectivity index (χ4v) is 3.98. The molecule has 3 atom stereocenters. The van der Waals surface area contributed by atoms with E-state index in [1.807, 2.05) is 0 Å². The van der Waals surface area contributed by atoms with Gasteiger partial charge in [0.25, 0.3) is 0 Å². The standard InChI is InChI=1S/C16H29NO2/c1-2-17-12-16(8-7-14-4-3-10-18-14)9-11-19-15(16)13-5-6-13/h13-15,17H,2-12H2,1H3. The molecule has 0 radical (unpaired) electrons. The van der Waals surface area contributed by atoms with E-state index in [4.69, 9.17) is 9.47 Å². The Morgan fingerprint density at radius 1 is 1.16 bits per heavy atom. The molecule has 3 nitrogen and oxygen atoms in total. The van der Waals surface area contributed by atoms with Crippen LogP contribution in [0.25, 0.3) is 0 Å². The summed E-state index contributed by atoms with van der Waals surface area (Å²) < 4.78 is 11.9. The van der Waals surface area contributed by atoms with Crippen molar-refractivity contribution in [3.8, 4) is 0 Å². The summed E-state index contributed by atoms with van der Waals surface area (Å²) in [5, 5.41) is 3.60. The Balaban J connectivity index is 1.61. The highest BCUT2D eigenvalue weighted by atomic mass is 16.5. The summed E-state index contributed by atoms with van der Waals surface area (Å²) in [5.41, 5.74) is 0.392. The maximum Gasteiger partial charge on any atom is 0.0672 e.